The van der Waals surface area contributed by atoms with Gasteiger partial charge in [0.25, 0.3) is 10.0 Å². The van der Waals surface area contributed by atoms with E-state index in [2.05, 4.69) is 51.8 Å². The fourth-order valence-electron chi connectivity index (χ4n) is 2.04. The molecule has 10 heteroatoms. The molecule has 0 bridgehead atoms. The number of nitrogens with one attached hydrogen (secondary N) is 1. The molecule has 0 fully saturated rings. The quantitative estimate of drug-likeness (QED) is 0.308. The number of anilines is 1. The Morgan fingerprint density at radius 2 is 1.42 bits per heavy atom. The van der Waals surface area contributed by atoms with E-state index >= 15 is 0 Å². The van der Waals surface area contributed by atoms with Crippen LogP contribution in [0.3, 0.4) is 0 Å². The van der Waals surface area contributed by atoms with Gasteiger partial charge >= 0.3 is 0 Å². The normalized spacial score (nSPS) is 10.5. The van der Waals surface area contributed by atoms with Crippen LogP contribution >= 0.6 is 31.9 Å². The lowest BCUT2D eigenvalue weighted by Crippen LogP contribution is -2.13. The first kappa shape index (κ1) is 26.7. The molecule has 31 heavy (non-hydrogen) atoms. The molecule has 0 unspecified atom stereocenters. The van der Waals surface area contributed by atoms with Crippen molar-refractivity contribution in [2.24, 2.45) is 10.2 Å². The number of nitrogens with zero attached hydrogens (tertiary/aromatic N) is 3. The number of sulfonamides is 1. The minimum atomic E-state index is -3.74. The summed E-state index contributed by atoms with van der Waals surface area (Å²) in [6, 6.07) is 14.1. The molecule has 0 atom stereocenters. The molecule has 2 aromatic carbocycles. The standard InChI is InChI=1S/C17H12Br2N4O3S.2C2H6/c18-14-9-12(10-15(19)17(14)24)22-21-11-4-6-13(7-5-11)27(25,26)23-16-3-1-2-8-20-16;2*1-2/h1-10,24H,(H,20,23);2*1-2H3. The zero-order chi connectivity index (χ0) is 23.4. The highest BCUT2D eigenvalue weighted by atomic mass is 79.9. The van der Waals surface area contributed by atoms with E-state index in [0.29, 0.717) is 20.3 Å². The number of azo groups is 1. The first-order valence-corrected chi connectivity index (χ1v) is 12.6. The molecule has 1 aromatic heterocycles. The summed E-state index contributed by atoms with van der Waals surface area (Å²) < 4.78 is 28.1. The first-order valence-electron chi connectivity index (χ1n) is 9.49. The van der Waals surface area contributed by atoms with E-state index < -0.39 is 10.0 Å². The van der Waals surface area contributed by atoms with E-state index in [9.17, 15) is 13.5 Å². The van der Waals surface area contributed by atoms with E-state index in [1.165, 1.54) is 18.3 Å². The van der Waals surface area contributed by atoms with Crippen molar-refractivity contribution in [1.82, 2.24) is 4.98 Å². The number of hydrogen-bond donors (Lipinski definition) is 2. The molecular weight excluding hydrogens is 548 g/mol. The lowest BCUT2D eigenvalue weighted by Gasteiger charge is -2.07. The summed E-state index contributed by atoms with van der Waals surface area (Å²) in [5.74, 6) is 0.314. The van der Waals surface area contributed by atoms with Crippen molar-refractivity contribution in [3.8, 4) is 5.75 Å². The average molecular weight is 572 g/mol. The first-order chi connectivity index (χ1) is 14.8. The predicted octanol–water partition coefficient (Wildman–Crippen LogP) is 7.58. The molecular formula is C21H24Br2N4O3S. The number of hydrogen-bond acceptors (Lipinski definition) is 6. The minimum absolute atomic E-state index is 0.0731. The fourth-order valence-corrected chi connectivity index (χ4v) is 4.21. The molecule has 3 aromatic rings. The molecule has 0 radical (unpaired) electrons. The minimum Gasteiger partial charge on any atom is -0.506 e. The maximum atomic E-state index is 12.4. The third kappa shape index (κ3) is 8.04. The molecule has 3 rings (SSSR count). The van der Waals surface area contributed by atoms with Gasteiger partial charge in [0.05, 0.1) is 25.2 Å². The van der Waals surface area contributed by atoms with Crippen LogP contribution in [0.5, 0.6) is 5.75 Å². The maximum absolute atomic E-state index is 12.4. The second kappa shape index (κ2) is 13.2. The van der Waals surface area contributed by atoms with Crippen LogP contribution in [0.4, 0.5) is 17.2 Å². The van der Waals surface area contributed by atoms with Gasteiger partial charge in [0.2, 0.25) is 0 Å². The van der Waals surface area contributed by atoms with E-state index in [1.54, 1.807) is 42.5 Å². The third-order valence-corrected chi connectivity index (χ3v) is 5.91. The van der Waals surface area contributed by atoms with Crippen molar-refractivity contribution in [1.29, 1.82) is 0 Å². The van der Waals surface area contributed by atoms with Gasteiger partial charge in [-0.1, -0.05) is 33.8 Å². The van der Waals surface area contributed by atoms with Crippen LogP contribution in [0.2, 0.25) is 0 Å². The summed E-state index contributed by atoms with van der Waals surface area (Å²) in [6.07, 6.45) is 1.50. The van der Waals surface area contributed by atoms with Crippen molar-refractivity contribution in [2.45, 2.75) is 32.6 Å². The molecule has 7 nitrogen and oxygen atoms in total. The molecule has 0 aliphatic rings. The lowest BCUT2D eigenvalue weighted by atomic mass is 10.3. The van der Waals surface area contributed by atoms with Gasteiger partial charge in [-0.05, 0) is 80.4 Å². The van der Waals surface area contributed by atoms with Crippen molar-refractivity contribution in [3.05, 3.63) is 69.7 Å². The molecule has 0 amide bonds. The van der Waals surface area contributed by atoms with E-state index in [4.69, 9.17) is 0 Å². The number of aromatic nitrogens is 1. The third-order valence-electron chi connectivity index (χ3n) is 3.33. The largest absolute Gasteiger partial charge is 0.506 e. The van der Waals surface area contributed by atoms with Crippen molar-refractivity contribution in [2.75, 3.05) is 4.72 Å². The van der Waals surface area contributed by atoms with Crippen LogP contribution in [0, 0.1) is 0 Å². The summed E-state index contributed by atoms with van der Waals surface area (Å²) in [7, 11) is -3.74. The van der Waals surface area contributed by atoms with Crippen LogP contribution < -0.4 is 4.72 Å². The number of halogens is 2. The number of rotatable bonds is 5. The zero-order valence-corrected chi connectivity index (χ0v) is 21.5. The van der Waals surface area contributed by atoms with Gasteiger partial charge in [0, 0.05) is 6.20 Å². The Bertz CT molecular complexity index is 1070. The summed E-state index contributed by atoms with van der Waals surface area (Å²) in [6.45, 7) is 8.00. The van der Waals surface area contributed by atoms with Gasteiger partial charge in [-0.25, -0.2) is 13.4 Å². The monoisotopic (exact) mass is 570 g/mol. The van der Waals surface area contributed by atoms with Crippen molar-refractivity contribution >= 4 is 59.1 Å². The molecule has 2 N–H and O–H groups in total. The van der Waals surface area contributed by atoms with Crippen molar-refractivity contribution < 1.29 is 13.5 Å². The number of phenols is 1. The van der Waals surface area contributed by atoms with Gasteiger partial charge in [-0.2, -0.15) is 10.2 Å². The molecule has 0 saturated carbocycles. The highest BCUT2D eigenvalue weighted by Crippen LogP contribution is 2.36. The second-order valence-electron chi connectivity index (χ2n) is 5.27. The van der Waals surface area contributed by atoms with Gasteiger partial charge in [-0.15, -0.1) is 0 Å². The van der Waals surface area contributed by atoms with E-state index in [-0.39, 0.29) is 16.5 Å². The van der Waals surface area contributed by atoms with Crippen molar-refractivity contribution in [3.63, 3.8) is 0 Å². The van der Waals surface area contributed by atoms with E-state index in [0.717, 1.165) is 0 Å². The molecule has 0 aliphatic carbocycles. The van der Waals surface area contributed by atoms with E-state index in [1.807, 2.05) is 27.7 Å². The van der Waals surface area contributed by atoms with Gasteiger partial charge in [-0.3, -0.25) is 4.72 Å². The molecule has 166 valence electrons. The summed E-state index contributed by atoms with van der Waals surface area (Å²) >= 11 is 6.44. The smallest absolute Gasteiger partial charge is 0.263 e. The van der Waals surface area contributed by atoms with Crippen LogP contribution in [-0.4, -0.2) is 18.5 Å². The fraction of sp³-hybridized carbons (Fsp3) is 0.190. The van der Waals surface area contributed by atoms with Crippen LogP contribution in [0.25, 0.3) is 0 Å². The SMILES string of the molecule is CC.CC.O=S(=O)(Nc1ccccn1)c1ccc(N=Nc2cc(Br)c(O)c(Br)c2)cc1. The Morgan fingerprint density at radius 3 is 1.94 bits per heavy atom. The zero-order valence-electron chi connectivity index (χ0n) is 17.5. The second-order valence-corrected chi connectivity index (χ2v) is 8.66. The predicted molar refractivity (Wildman–Crippen MR) is 132 cm³/mol. The Labute approximate surface area is 200 Å². The Hall–Kier alpha value is -2.30. The average Bonchev–Trinajstić information content (AvgIpc) is 2.79. The lowest BCUT2D eigenvalue weighted by molar-refractivity contribution is 0.468. The molecule has 0 saturated heterocycles. The topological polar surface area (TPSA) is 104 Å². The van der Waals surface area contributed by atoms with Crippen LogP contribution in [0.1, 0.15) is 27.7 Å². The molecule has 1 heterocycles. The van der Waals surface area contributed by atoms with Gasteiger partial charge < -0.3 is 5.11 Å². The molecule has 0 spiro atoms. The number of phenolic OH excluding ortho intramolecular Hbond substituents is 1. The Morgan fingerprint density at radius 1 is 0.871 bits per heavy atom. The number of pyridine rings is 1. The van der Waals surface area contributed by atoms with Crippen LogP contribution in [0.15, 0.2) is 84.9 Å². The van der Waals surface area contributed by atoms with Crippen LogP contribution in [-0.2, 0) is 10.0 Å². The highest BCUT2D eigenvalue weighted by Gasteiger charge is 2.14. The van der Waals surface area contributed by atoms with Gasteiger partial charge in [0.15, 0.2) is 0 Å². The molecule has 0 aliphatic heterocycles. The summed E-state index contributed by atoms with van der Waals surface area (Å²) in [5, 5.41) is 17.8. The number of aromatic hydroxyl groups is 1. The maximum Gasteiger partial charge on any atom is 0.263 e. The summed E-state index contributed by atoms with van der Waals surface area (Å²) in [5.41, 5.74) is 0.993. The number of benzene rings is 2. The Kier molecular flexibility index (Phi) is 11.4. The highest BCUT2D eigenvalue weighted by molar-refractivity contribution is 9.11. The van der Waals surface area contributed by atoms with Gasteiger partial charge in [0.1, 0.15) is 11.6 Å². The Balaban J connectivity index is 0.00000113. The summed E-state index contributed by atoms with van der Waals surface area (Å²) in [4.78, 5) is 4.03.